The van der Waals surface area contributed by atoms with Crippen molar-refractivity contribution in [2.75, 3.05) is 14.2 Å². The standard InChI is InChI=1S/C25H24N2O3/c1-28-19-10-6-16(7-11-19)14-18-4-3-5-21-23(17-8-12-20(29-2)13-9-17)22(15-26)25(27)30-24(18)21/h6-14,23H,3-5,27H2,1-2H3/b18-14-/t23-/m1/s1. The van der Waals surface area contributed by atoms with Crippen LogP contribution < -0.4 is 15.2 Å². The number of allylic oxidation sites excluding steroid dienone is 3. The van der Waals surface area contributed by atoms with Crippen molar-refractivity contribution in [1.29, 1.82) is 5.26 Å². The second-order valence-electron chi connectivity index (χ2n) is 7.35. The Morgan fingerprint density at radius 2 is 1.63 bits per heavy atom. The summed E-state index contributed by atoms with van der Waals surface area (Å²) in [5.74, 6) is 2.37. The molecule has 2 aromatic carbocycles. The van der Waals surface area contributed by atoms with Crippen LogP contribution in [0.5, 0.6) is 11.5 Å². The molecule has 5 heteroatoms. The first-order valence-corrected chi connectivity index (χ1v) is 9.94. The van der Waals surface area contributed by atoms with Crippen molar-refractivity contribution < 1.29 is 14.2 Å². The highest BCUT2D eigenvalue weighted by Gasteiger charge is 2.35. The van der Waals surface area contributed by atoms with E-state index in [1.54, 1.807) is 14.2 Å². The smallest absolute Gasteiger partial charge is 0.205 e. The third-order valence-corrected chi connectivity index (χ3v) is 5.62. The Morgan fingerprint density at radius 3 is 2.23 bits per heavy atom. The van der Waals surface area contributed by atoms with Crippen LogP contribution in [0.15, 0.2) is 76.9 Å². The fraction of sp³-hybridized carbons (Fsp3) is 0.240. The molecule has 1 atom stereocenters. The van der Waals surface area contributed by atoms with Gasteiger partial charge >= 0.3 is 0 Å². The lowest BCUT2D eigenvalue weighted by Crippen LogP contribution is -2.23. The quantitative estimate of drug-likeness (QED) is 0.778. The number of hydrogen-bond donors (Lipinski definition) is 1. The molecule has 5 nitrogen and oxygen atoms in total. The van der Waals surface area contributed by atoms with Gasteiger partial charge in [0.1, 0.15) is 28.9 Å². The summed E-state index contributed by atoms with van der Waals surface area (Å²) in [6, 6.07) is 18.0. The van der Waals surface area contributed by atoms with Gasteiger partial charge in [-0.05, 0) is 71.9 Å². The molecule has 0 spiro atoms. The molecule has 4 rings (SSSR count). The van der Waals surface area contributed by atoms with Gasteiger partial charge in [0.25, 0.3) is 0 Å². The van der Waals surface area contributed by atoms with Crippen molar-refractivity contribution in [2.24, 2.45) is 5.73 Å². The van der Waals surface area contributed by atoms with E-state index in [4.69, 9.17) is 19.9 Å². The maximum atomic E-state index is 9.79. The molecule has 2 aromatic rings. The molecular formula is C25H24N2O3. The van der Waals surface area contributed by atoms with Crippen LogP contribution in [-0.2, 0) is 4.74 Å². The van der Waals surface area contributed by atoms with Crippen molar-refractivity contribution in [3.05, 3.63) is 88.0 Å². The number of nitriles is 1. The summed E-state index contributed by atoms with van der Waals surface area (Å²) in [7, 11) is 3.29. The average Bonchev–Trinajstić information content (AvgIpc) is 2.79. The zero-order valence-corrected chi connectivity index (χ0v) is 17.1. The molecule has 30 heavy (non-hydrogen) atoms. The summed E-state index contributed by atoms with van der Waals surface area (Å²) < 4.78 is 16.5. The molecular weight excluding hydrogens is 376 g/mol. The maximum absolute atomic E-state index is 9.79. The third kappa shape index (κ3) is 3.65. The van der Waals surface area contributed by atoms with Gasteiger partial charge in [0, 0.05) is 5.92 Å². The number of methoxy groups -OCH3 is 2. The van der Waals surface area contributed by atoms with E-state index < -0.39 is 0 Å². The van der Waals surface area contributed by atoms with Crippen LogP contribution >= 0.6 is 0 Å². The van der Waals surface area contributed by atoms with E-state index in [1.165, 1.54) is 0 Å². The number of hydrogen-bond acceptors (Lipinski definition) is 5. The van der Waals surface area contributed by atoms with Crippen LogP contribution in [-0.4, -0.2) is 14.2 Å². The van der Waals surface area contributed by atoms with Crippen molar-refractivity contribution in [3.63, 3.8) is 0 Å². The Morgan fingerprint density at radius 1 is 1.00 bits per heavy atom. The first-order chi connectivity index (χ1) is 14.6. The van der Waals surface area contributed by atoms with E-state index in [0.717, 1.165) is 58.8 Å². The summed E-state index contributed by atoms with van der Waals surface area (Å²) in [4.78, 5) is 0. The van der Waals surface area contributed by atoms with Crippen LogP contribution in [0.2, 0.25) is 0 Å². The first-order valence-electron chi connectivity index (χ1n) is 9.94. The van der Waals surface area contributed by atoms with E-state index in [2.05, 4.69) is 12.1 Å². The minimum atomic E-state index is -0.204. The van der Waals surface area contributed by atoms with Gasteiger partial charge in [-0.15, -0.1) is 0 Å². The minimum Gasteiger partial charge on any atom is -0.497 e. The summed E-state index contributed by atoms with van der Waals surface area (Å²) >= 11 is 0. The van der Waals surface area contributed by atoms with Crippen molar-refractivity contribution in [1.82, 2.24) is 0 Å². The van der Waals surface area contributed by atoms with Gasteiger partial charge in [0.15, 0.2) is 0 Å². The Kier molecular flexibility index (Phi) is 5.49. The fourth-order valence-corrected chi connectivity index (χ4v) is 4.11. The minimum absolute atomic E-state index is 0.180. The maximum Gasteiger partial charge on any atom is 0.205 e. The molecule has 1 heterocycles. The van der Waals surface area contributed by atoms with Crippen molar-refractivity contribution >= 4 is 6.08 Å². The van der Waals surface area contributed by atoms with E-state index in [1.807, 2.05) is 48.5 Å². The van der Waals surface area contributed by atoms with Crippen molar-refractivity contribution in [2.45, 2.75) is 25.2 Å². The summed E-state index contributed by atoms with van der Waals surface area (Å²) in [6.45, 7) is 0. The molecule has 0 aromatic heterocycles. The molecule has 1 aliphatic heterocycles. The largest absolute Gasteiger partial charge is 0.497 e. The molecule has 2 N–H and O–H groups in total. The highest BCUT2D eigenvalue weighted by atomic mass is 16.5. The second kappa shape index (κ2) is 8.38. The predicted octanol–water partition coefficient (Wildman–Crippen LogP) is 5.03. The van der Waals surface area contributed by atoms with Crippen molar-refractivity contribution in [3.8, 4) is 17.6 Å². The number of rotatable bonds is 4. The Balaban J connectivity index is 1.78. The Hall–Kier alpha value is -3.65. The summed E-state index contributed by atoms with van der Waals surface area (Å²) in [5.41, 5.74) is 11.0. The topological polar surface area (TPSA) is 77.5 Å². The van der Waals surface area contributed by atoms with Gasteiger partial charge in [0.05, 0.1) is 14.2 Å². The zero-order chi connectivity index (χ0) is 21.1. The van der Waals surface area contributed by atoms with Gasteiger partial charge in [-0.2, -0.15) is 5.26 Å². The van der Waals surface area contributed by atoms with Gasteiger partial charge < -0.3 is 19.9 Å². The molecule has 0 fully saturated rings. The van der Waals surface area contributed by atoms with E-state index >= 15 is 0 Å². The Labute approximate surface area is 176 Å². The van der Waals surface area contributed by atoms with Crippen LogP contribution in [0.1, 0.15) is 36.3 Å². The molecule has 0 bridgehead atoms. The number of nitrogens with zero attached hydrogens (tertiary/aromatic N) is 1. The number of benzene rings is 2. The van der Waals surface area contributed by atoms with Gasteiger partial charge in [-0.3, -0.25) is 0 Å². The number of ether oxygens (including phenoxy) is 3. The SMILES string of the molecule is COc1ccc(/C=C2/CCCC3=C2OC(N)=C(C#N)[C@@H]3c2ccc(OC)cc2)cc1. The fourth-order valence-electron chi connectivity index (χ4n) is 4.11. The van der Waals surface area contributed by atoms with Crippen LogP contribution in [0.3, 0.4) is 0 Å². The lowest BCUT2D eigenvalue weighted by molar-refractivity contribution is 0.277. The first kappa shape index (κ1) is 19.7. The van der Waals surface area contributed by atoms with E-state index in [9.17, 15) is 5.26 Å². The summed E-state index contributed by atoms with van der Waals surface area (Å²) in [6.07, 6.45) is 4.89. The van der Waals surface area contributed by atoms with E-state index in [-0.39, 0.29) is 11.8 Å². The van der Waals surface area contributed by atoms with Gasteiger partial charge in [-0.1, -0.05) is 24.3 Å². The van der Waals surface area contributed by atoms with E-state index in [0.29, 0.717) is 5.57 Å². The molecule has 1 aliphatic carbocycles. The number of nitrogens with two attached hydrogens (primary N) is 1. The van der Waals surface area contributed by atoms with Gasteiger partial charge in [0.2, 0.25) is 5.88 Å². The van der Waals surface area contributed by atoms with Crippen LogP contribution in [0, 0.1) is 11.3 Å². The normalized spacial score (nSPS) is 19.8. The average molecular weight is 400 g/mol. The lowest BCUT2D eigenvalue weighted by Gasteiger charge is -2.33. The predicted molar refractivity (Wildman–Crippen MR) is 115 cm³/mol. The monoisotopic (exact) mass is 400 g/mol. The molecule has 0 saturated heterocycles. The molecule has 152 valence electrons. The third-order valence-electron chi connectivity index (χ3n) is 5.62. The zero-order valence-electron chi connectivity index (χ0n) is 17.1. The Bertz CT molecular complexity index is 1070. The molecule has 0 radical (unpaired) electrons. The van der Waals surface area contributed by atoms with Crippen LogP contribution in [0.4, 0.5) is 0 Å². The molecule has 0 saturated carbocycles. The summed E-state index contributed by atoms with van der Waals surface area (Å²) in [5, 5.41) is 9.79. The molecule has 0 unspecified atom stereocenters. The lowest BCUT2D eigenvalue weighted by atomic mass is 9.77. The van der Waals surface area contributed by atoms with Crippen LogP contribution in [0.25, 0.3) is 6.08 Å². The second-order valence-corrected chi connectivity index (χ2v) is 7.35. The molecule has 2 aliphatic rings. The highest BCUT2D eigenvalue weighted by molar-refractivity contribution is 5.62. The molecule has 0 amide bonds. The highest BCUT2D eigenvalue weighted by Crippen LogP contribution is 2.47. The van der Waals surface area contributed by atoms with Gasteiger partial charge in [-0.25, -0.2) is 0 Å².